The van der Waals surface area contributed by atoms with Crippen molar-refractivity contribution in [1.82, 2.24) is 0 Å². The number of hydrogen-bond acceptors (Lipinski definition) is 0. The van der Waals surface area contributed by atoms with E-state index in [1.807, 2.05) is 0 Å². The first-order valence-corrected chi connectivity index (χ1v) is 13.4. The molecule has 0 nitrogen and oxygen atoms in total. The first-order chi connectivity index (χ1) is 6.59. The molecule has 0 aromatic heterocycles. The minimum atomic E-state index is -0.972. The maximum atomic E-state index is 4.96. The zero-order valence-corrected chi connectivity index (χ0v) is 13.5. The molecule has 1 radical (unpaired) electrons. The first-order valence-electron chi connectivity index (χ1n) is 4.49. The van der Waals surface area contributed by atoms with Crippen LogP contribution in [-0.2, 0) is 27.0 Å². The van der Waals surface area contributed by atoms with Crippen LogP contribution in [0.1, 0.15) is 25.0 Å². The van der Waals surface area contributed by atoms with Gasteiger partial charge in [0.05, 0.1) is 0 Å². The van der Waals surface area contributed by atoms with Crippen LogP contribution in [0.2, 0.25) is 0 Å². The van der Waals surface area contributed by atoms with Crippen molar-refractivity contribution in [1.29, 1.82) is 0 Å². The van der Waals surface area contributed by atoms with Crippen molar-refractivity contribution < 1.29 is 20.5 Å². The molecule has 3 heteroatoms. The second-order valence-corrected chi connectivity index (χ2v) is 9.27. The van der Waals surface area contributed by atoms with E-state index >= 15 is 0 Å². The van der Waals surface area contributed by atoms with Crippen molar-refractivity contribution in [2.45, 2.75) is 20.3 Å². The van der Waals surface area contributed by atoms with Gasteiger partial charge in [0.2, 0.25) is 0 Å². The normalized spacial score (nSPS) is 16.6. The summed E-state index contributed by atoms with van der Waals surface area (Å²) in [7, 11) is 9.92. The van der Waals surface area contributed by atoms with Crippen LogP contribution in [-0.4, -0.2) is 0 Å². The molecule has 75 valence electrons. The summed E-state index contributed by atoms with van der Waals surface area (Å²) < 4.78 is 0. The van der Waals surface area contributed by atoms with Crippen LogP contribution in [0, 0.1) is 11.8 Å². The quantitative estimate of drug-likeness (QED) is 0.579. The van der Waals surface area contributed by atoms with E-state index in [-0.39, 0.29) is 0 Å². The number of fused-ring (bicyclic) bond motifs is 1. The monoisotopic (exact) mass is 395 g/mol. The Hall–Kier alpha value is 0.670. The summed E-state index contributed by atoms with van der Waals surface area (Å²) >= 11 is -0.972. The molecule has 0 heterocycles. The fourth-order valence-electron chi connectivity index (χ4n) is 1.80. The molecule has 1 aliphatic rings. The zero-order valence-electron chi connectivity index (χ0n) is 8.35. The van der Waals surface area contributed by atoms with E-state index in [0.717, 1.165) is 0 Å². The fraction of sp³-hybridized carbons (Fsp3) is 0.364. The van der Waals surface area contributed by atoms with Gasteiger partial charge >= 0.3 is 37.7 Å². The Morgan fingerprint density at radius 1 is 1.21 bits per heavy atom. The molecule has 0 amide bonds. The summed E-state index contributed by atoms with van der Waals surface area (Å²) in [4.78, 5) is 0. The molecular formula is C11H13Cl2Hf. The van der Waals surface area contributed by atoms with Crippen LogP contribution in [0.3, 0.4) is 0 Å². The maximum absolute atomic E-state index is 4.96. The second kappa shape index (κ2) is 5.67. The van der Waals surface area contributed by atoms with Gasteiger partial charge in [-0.2, -0.15) is 0 Å². The summed E-state index contributed by atoms with van der Waals surface area (Å²) in [5.74, 6) is 0. The van der Waals surface area contributed by atoms with E-state index in [2.05, 4.69) is 44.5 Å². The summed E-state index contributed by atoms with van der Waals surface area (Å²) in [6, 6.07) is 8.65. The summed E-state index contributed by atoms with van der Waals surface area (Å²) in [5.41, 5.74) is 3.30. The Morgan fingerprint density at radius 2 is 1.79 bits per heavy atom. The third kappa shape index (κ3) is 3.67. The van der Waals surface area contributed by atoms with Gasteiger partial charge in [-0.3, -0.25) is 0 Å². The van der Waals surface area contributed by atoms with E-state index in [9.17, 15) is 0 Å². The van der Waals surface area contributed by atoms with Gasteiger partial charge in [0.1, 0.15) is 0 Å². The van der Waals surface area contributed by atoms with Crippen molar-refractivity contribution in [2.75, 3.05) is 0 Å². The Kier molecular flexibility index (Phi) is 5.16. The van der Waals surface area contributed by atoms with Gasteiger partial charge in [-0.25, -0.2) is 0 Å². The standard InChI is InChI=1S/C11H13.2ClH.Hf/c1-11(2)7-9-5-3-4-6-10(9)8-11;;;/h3-7H,8H2,1-2H3;2*1H;/q;;;+2/p-2. The van der Waals surface area contributed by atoms with Crippen LogP contribution in [0.25, 0.3) is 0 Å². The molecule has 0 fully saturated rings. The van der Waals surface area contributed by atoms with Gasteiger partial charge in [-0.1, -0.05) is 38.1 Å². The van der Waals surface area contributed by atoms with Crippen LogP contribution >= 0.6 is 17.2 Å². The fourth-order valence-corrected chi connectivity index (χ4v) is 1.80. The van der Waals surface area contributed by atoms with Crippen molar-refractivity contribution in [2.24, 2.45) is 5.41 Å². The topological polar surface area (TPSA) is 0 Å². The predicted octanol–water partition coefficient (Wildman–Crippen LogP) is 4.20. The van der Waals surface area contributed by atoms with Gasteiger partial charge in [0.15, 0.2) is 0 Å². The van der Waals surface area contributed by atoms with Crippen molar-refractivity contribution in [3.05, 3.63) is 41.8 Å². The van der Waals surface area contributed by atoms with Gasteiger partial charge < -0.3 is 0 Å². The van der Waals surface area contributed by atoms with Crippen LogP contribution in [0.4, 0.5) is 0 Å². The molecule has 2 rings (SSSR count). The van der Waals surface area contributed by atoms with Crippen molar-refractivity contribution in [3.8, 4) is 0 Å². The van der Waals surface area contributed by atoms with E-state index in [1.165, 1.54) is 17.5 Å². The Balaban J connectivity index is 0.000000293. The number of rotatable bonds is 0. The molecule has 0 unspecified atom stereocenters. The molecular weight excluding hydrogens is 382 g/mol. The molecule has 0 saturated heterocycles. The predicted molar refractivity (Wildman–Crippen MR) is 59.0 cm³/mol. The summed E-state index contributed by atoms with van der Waals surface area (Å²) in [6.07, 6.45) is 3.56. The molecule has 1 aliphatic carbocycles. The van der Waals surface area contributed by atoms with Gasteiger partial charge in [0.25, 0.3) is 0 Å². The van der Waals surface area contributed by atoms with Crippen molar-refractivity contribution >= 4 is 17.2 Å². The van der Waals surface area contributed by atoms with Crippen LogP contribution in [0.5, 0.6) is 0 Å². The number of benzene rings is 1. The average molecular weight is 395 g/mol. The molecule has 0 bridgehead atoms. The molecule has 0 N–H and O–H groups in total. The molecule has 0 atom stereocenters. The average Bonchev–Trinajstić information content (AvgIpc) is 2.39. The first kappa shape index (κ1) is 12.7. The minimum absolute atomic E-state index is 0.379. The summed E-state index contributed by atoms with van der Waals surface area (Å²) in [6.45, 7) is 4.57. The van der Waals surface area contributed by atoms with E-state index in [1.54, 1.807) is 0 Å². The van der Waals surface area contributed by atoms with E-state index in [4.69, 9.17) is 17.2 Å². The molecule has 0 saturated carbocycles. The number of hydrogen-bond donors (Lipinski definition) is 0. The zero-order chi connectivity index (χ0) is 10.6. The third-order valence-electron chi connectivity index (χ3n) is 2.25. The molecule has 1 aromatic carbocycles. The number of halogens is 2. The molecule has 0 spiro atoms. The van der Waals surface area contributed by atoms with Crippen LogP contribution in [0.15, 0.2) is 24.3 Å². The van der Waals surface area contributed by atoms with Crippen molar-refractivity contribution in [3.63, 3.8) is 0 Å². The third-order valence-corrected chi connectivity index (χ3v) is 2.25. The SMILES string of the molecule is CC1(C)[CH]c2ccccc2C1.[Cl][Hf][Cl]. The van der Waals surface area contributed by atoms with E-state index in [0.29, 0.717) is 5.41 Å². The van der Waals surface area contributed by atoms with Gasteiger partial charge in [-0.15, -0.1) is 0 Å². The summed E-state index contributed by atoms with van der Waals surface area (Å²) in [5, 5.41) is 0. The molecule has 1 aromatic rings. The van der Waals surface area contributed by atoms with Crippen LogP contribution < -0.4 is 0 Å². The Morgan fingerprint density at radius 3 is 2.36 bits per heavy atom. The molecule has 0 aliphatic heterocycles. The van der Waals surface area contributed by atoms with E-state index < -0.39 is 20.5 Å². The molecule has 14 heavy (non-hydrogen) atoms. The van der Waals surface area contributed by atoms with Gasteiger partial charge in [0, 0.05) is 0 Å². The second-order valence-electron chi connectivity index (χ2n) is 4.08. The van der Waals surface area contributed by atoms with Gasteiger partial charge in [-0.05, 0) is 29.4 Å². The Labute approximate surface area is 105 Å². The Bertz CT molecular complexity index is 270.